The molecule has 0 spiro atoms. The van der Waals surface area contributed by atoms with Crippen molar-refractivity contribution in [3.63, 3.8) is 0 Å². The van der Waals surface area contributed by atoms with Crippen molar-refractivity contribution in [1.29, 1.82) is 0 Å². The van der Waals surface area contributed by atoms with Crippen molar-refractivity contribution in [1.82, 2.24) is 0 Å². The number of fused-ring (bicyclic) bond motifs is 4. The van der Waals surface area contributed by atoms with E-state index in [1.54, 1.807) is 11.1 Å². The van der Waals surface area contributed by atoms with Gasteiger partial charge in [0.15, 0.2) is 0 Å². The zero-order valence-electron chi connectivity index (χ0n) is 24.5. The van der Waals surface area contributed by atoms with E-state index in [4.69, 9.17) is 0 Å². The summed E-state index contributed by atoms with van der Waals surface area (Å²) >= 11 is 7.38. The molecule has 1 aliphatic rings. The van der Waals surface area contributed by atoms with E-state index in [0.717, 1.165) is 47.5 Å². The lowest BCUT2D eigenvalue weighted by atomic mass is 9.76. The van der Waals surface area contributed by atoms with Gasteiger partial charge in [-0.1, -0.05) is 107 Å². The number of rotatable bonds is 6. The Kier molecular flexibility index (Phi) is 7.71. The van der Waals surface area contributed by atoms with Gasteiger partial charge < -0.3 is 0 Å². The normalized spacial score (nSPS) is 13.2. The van der Waals surface area contributed by atoms with Crippen LogP contribution in [-0.4, -0.2) is 0 Å². The SMILES string of the molecule is CCCc1c2ccccc2c(CCC)c2cc3c(-c4ccc(Br)cc4)c4c(c(-c5ccc(Br)cc5)c3cc12)CCCC4. The number of hydrogen-bond acceptors (Lipinski definition) is 0. The van der Waals surface area contributed by atoms with Crippen LogP contribution in [0, 0.1) is 0 Å². The van der Waals surface area contributed by atoms with Crippen LogP contribution in [0.1, 0.15) is 61.8 Å². The molecule has 0 fully saturated rings. The van der Waals surface area contributed by atoms with Crippen molar-refractivity contribution in [2.75, 3.05) is 0 Å². The zero-order chi connectivity index (χ0) is 28.8. The minimum atomic E-state index is 1.09. The second kappa shape index (κ2) is 11.6. The van der Waals surface area contributed by atoms with Gasteiger partial charge in [0.1, 0.15) is 0 Å². The van der Waals surface area contributed by atoms with Gasteiger partial charge in [-0.3, -0.25) is 0 Å². The van der Waals surface area contributed by atoms with Crippen LogP contribution in [0.15, 0.2) is 93.9 Å². The summed E-state index contributed by atoms with van der Waals surface area (Å²) in [6, 6.07) is 32.4. The highest BCUT2D eigenvalue weighted by Crippen LogP contribution is 2.48. The lowest BCUT2D eigenvalue weighted by Gasteiger charge is -2.27. The van der Waals surface area contributed by atoms with Crippen molar-refractivity contribution in [3.05, 3.63) is 116 Å². The minimum absolute atomic E-state index is 1.09. The van der Waals surface area contributed by atoms with E-state index in [2.05, 4.69) is 131 Å². The lowest BCUT2D eigenvalue weighted by molar-refractivity contribution is 0.689. The predicted octanol–water partition coefficient (Wildman–Crippen LogP) is 12.8. The lowest BCUT2D eigenvalue weighted by Crippen LogP contribution is -2.08. The molecule has 0 aliphatic heterocycles. The Morgan fingerprint density at radius 2 is 0.905 bits per heavy atom. The van der Waals surface area contributed by atoms with Crippen LogP contribution in [-0.2, 0) is 25.7 Å². The van der Waals surface area contributed by atoms with Crippen molar-refractivity contribution in [3.8, 4) is 22.3 Å². The van der Waals surface area contributed by atoms with Gasteiger partial charge in [-0.05, 0) is 152 Å². The molecule has 210 valence electrons. The molecule has 0 heterocycles. The molecule has 1 aliphatic carbocycles. The maximum atomic E-state index is 3.69. The van der Waals surface area contributed by atoms with Crippen molar-refractivity contribution in [2.45, 2.75) is 65.2 Å². The molecule has 0 unspecified atom stereocenters. The molecule has 6 aromatic rings. The van der Waals surface area contributed by atoms with Crippen LogP contribution in [0.3, 0.4) is 0 Å². The van der Waals surface area contributed by atoms with Gasteiger partial charge in [-0.25, -0.2) is 0 Å². The summed E-state index contributed by atoms with van der Waals surface area (Å²) in [7, 11) is 0. The number of benzene rings is 6. The predicted molar refractivity (Wildman–Crippen MR) is 190 cm³/mol. The fraction of sp³-hybridized carbons (Fsp3) is 0.250. The molecule has 0 amide bonds. The van der Waals surface area contributed by atoms with Gasteiger partial charge >= 0.3 is 0 Å². The molecular formula is C40H36Br2. The summed E-state index contributed by atoms with van der Waals surface area (Å²) in [6.45, 7) is 4.63. The minimum Gasteiger partial charge on any atom is -0.0651 e. The van der Waals surface area contributed by atoms with Gasteiger partial charge in [-0.2, -0.15) is 0 Å². The van der Waals surface area contributed by atoms with E-state index >= 15 is 0 Å². The molecule has 0 saturated heterocycles. The summed E-state index contributed by atoms with van der Waals surface area (Å²) < 4.78 is 2.25. The van der Waals surface area contributed by atoms with Gasteiger partial charge in [0, 0.05) is 8.95 Å². The van der Waals surface area contributed by atoms with Crippen molar-refractivity contribution >= 4 is 64.2 Å². The van der Waals surface area contributed by atoms with Gasteiger partial charge in [0.25, 0.3) is 0 Å². The standard InChI is InChI=1S/C40H36Br2/c1-3-9-29-31-11-5-6-12-32(31)30(10-4-2)36-24-38-37(23-35(29)36)39(25-15-19-27(41)20-16-25)33-13-7-8-14-34(33)40(38)26-17-21-28(42)22-18-26/h5-6,11-12,15-24H,3-4,7-10,13-14H2,1-2H3. The molecule has 0 aromatic heterocycles. The maximum Gasteiger partial charge on any atom is 0.0175 e. The molecule has 6 aromatic carbocycles. The molecule has 0 radical (unpaired) electrons. The first-order valence-electron chi connectivity index (χ1n) is 15.6. The third-order valence-corrected chi connectivity index (χ3v) is 10.3. The van der Waals surface area contributed by atoms with Crippen LogP contribution in [0.25, 0.3) is 54.6 Å². The second-order valence-electron chi connectivity index (χ2n) is 11.9. The highest BCUT2D eigenvalue weighted by molar-refractivity contribution is 9.10. The fourth-order valence-corrected chi connectivity index (χ4v) is 8.05. The Morgan fingerprint density at radius 3 is 1.29 bits per heavy atom. The largest absolute Gasteiger partial charge is 0.0651 e. The molecule has 42 heavy (non-hydrogen) atoms. The average molecular weight is 677 g/mol. The quantitative estimate of drug-likeness (QED) is 0.154. The number of halogens is 2. The van der Waals surface area contributed by atoms with E-state index in [9.17, 15) is 0 Å². The Bertz CT molecular complexity index is 1800. The highest BCUT2D eigenvalue weighted by atomic mass is 79.9. The average Bonchev–Trinajstić information content (AvgIpc) is 3.02. The fourth-order valence-electron chi connectivity index (χ4n) is 7.53. The molecule has 0 saturated carbocycles. The third kappa shape index (κ3) is 4.72. The summed E-state index contributed by atoms with van der Waals surface area (Å²) in [5, 5.41) is 8.57. The molecule has 7 rings (SSSR count). The summed E-state index contributed by atoms with van der Waals surface area (Å²) in [4.78, 5) is 0. The van der Waals surface area contributed by atoms with Crippen LogP contribution in [0.2, 0.25) is 0 Å². The summed E-state index contributed by atoms with van der Waals surface area (Å²) in [5.41, 5.74) is 11.7. The van der Waals surface area contributed by atoms with Gasteiger partial charge in [-0.15, -0.1) is 0 Å². The third-order valence-electron chi connectivity index (χ3n) is 9.26. The second-order valence-corrected chi connectivity index (χ2v) is 13.7. The first-order chi connectivity index (χ1) is 20.6. The Balaban J connectivity index is 1.72. The topological polar surface area (TPSA) is 0 Å². The van der Waals surface area contributed by atoms with Gasteiger partial charge in [0.05, 0.1) is 0 Å². The highest BCUT2D eigenvalue weighted by Gasteiger charge is 2.25. The molecule has 0 nitrogen and oxygen atoms in total. The smallest absolute Gasteiger partial charge is 0.0175 e. The van der Waals surface area contributed by atoms with Crippen LogP contribution in [0.4, 0.5) is 0 Å². The monoisotopic (exact) mass is 674 g/mol. The van der Waals surface area contributed by atoms with E-state index < -0.39 is 0 Å². The maximum absolute atomic E-state index is 3.69. The summed E-state index contributed by atoms with van der Waals surface area (Å²) in [5.74, 6) is 0. The molecule has 0 N–H and O–H groups in total. The molecule has 0 bridgehead atoms. The van der Waals surface area contributed by atoms with Crippen molar-refractivity contribution < 1.29 is 0 Å². The summed E-state index contributed by atoms with van der Waals surface area (Å²) in [6.07, 6.45) is 9.23. The van der Waals surface area contributed by atoms with Gasteiger partial charge in [0.2, 0.25) is 0 Å². The van der Waals surface area contributed by atoms with Crippen LogP contribution in [0.5, 0.6) is 0 Å². The Hall–Kier alpha value is -2.94. The Labute approximate surface area is 266 Å². The first kappa shape index (κ1) is 27.9. The van der Waals surface area contributed by atoms with E-state index in [0.29, 0.717) is 0 Å². The molecule has 2 heteroatoms. The number of aryl methyl sites for hydroxylation is 2. The van der Waals surface area contributed by atoms with Crippen LogP contribution >= 0.6 is 31.9 Å². The molecular weight excluding hydrogens is 640 g/mol. The first-order valence-corrected chi connectivity index (χ1v) is 17.2. The number of hydrogen-bond donors (Lipinski definition) is 0. The molecule has 0 atom stereocenters. The Morgan fingerprint density at radius 1 is 0.500 bits per heavy atom. The van der Waals surface area contributed by atoms with Crippen LogP contribution < -0.4 is 0 Å². The van der Waals surface area contributed by atoms with E-state index in [1.807, 2.05) is 0 Å². The van der Waals surface area contributed by atoms with E-state index in [1.165, 1.54) is 78.5 Å². The zero-order valence-corrected chi connectivity index (χ0v) is 27.7. The van der Waals surface area contributed by atoms with Crippen molar-refractivity contribution in [2.24, 2.45) is 0 Å². The van der Waals surface area contributed by atoms with E-state index in [-0.39, 0.29) is 0 Å².